The van der Waals surface area contributed by atoms with Crippen molar-refractivity contribution in [2.75, 3.05) is 0 Å². The summed E-state index contributed by atoms with van der Waals surface area (Å²) in [4.78, 5) is 19.3. The number of carbonyl (C=O) groups is 2. The Morgan fingerprint density at radius 3 is 1.89 bits per heavy atom. The molecule has 50 valence electrons. The lowest BCUT2D eigenvalue weighted by Crippen LogP contribution is -2.27. The zero-order valence-electron chi connectivity index (χ0n) is 4.14. The van der Waals surface area contributed by atoms with Crippen LogP contribution in [0, 0.1) is 0 Å². The first-order valence-corrected chi connectivity index (χ1v) is 1.84. The maximum atomic E-state index is 9.81. The molecule has 0 amide bonds. The second kappa shape index (κ2) is 3.05. The summed E-state index contributed by atoms with van der Waals surface area (Å²) >= 11 is 0. The van der Waals surface area contributed by atoms with E-state index in [1.165, 1.54) is 0 Å². The molecule has 0 fully saturated rings. The standard InChI is InChI=1S/C2H3BO6/c4-1(5)2(6)9-3(7)8/h7-8H,(H,4,5). The van der Waals surface area contributed by atoms with E-state index in [4.69, 9.17) is 15.2 Å². The molecule has 0 bridgehead atoms. The lowest BCUT2D eigenvalue weighted by atomic mass is 10.3. The third-order valence-corrected chi connectivity index (χ3v) is 0.387. The maximum absolute atomic E-state index is 9.81. The van der Waals surface area contributed by atoms with E-state index in [2.05, 4.69) is 4.65 Å². The molecule has 0 aromatic heterocycles. The van der Waals surface area contributed by atoms with Crippen LogP contribution in [-0.2, 0) is 14.2 Å². The third-order valence-electron chi connectivity index (χ3n) is 0.387. The SMILES string of the molecule is O=C(O)C(=O)OB(O)O. The second-order valence-corrected chi connectivity index (χ2v) is 1.04. The third kappa shape index (κ3) is 3.50. The Labute approximate surface area is 49.9 Å². The minimum Gasteiger partial charge on any atom is -0.476 e. The summed E-state index contributed by atoms with van der Waals surface area (Å²) in [6, 6.07) is 0. The van der Waals surface area contributed by atoms with Crippen molar-refractivity contribution in [2.24, 2.45) is 0 Å². The smallest absolute Gasteiger partial charge is 0.476 e. The minimum atomic E-state index is -2.37. The Morgan fingerprint density at radius 2 is 1.78 bits per heavy atom. The molecule has 0 aromatic rings. The average Bonchev–Trinajstić information content (AvgIpc) is 1.63. The largest absolute Gasteiger partial charge is 0.709 e. The zero-order chi connectivity index (χ0) is 7.44. The van der Waals surface area contributed by atoms with Gasteiger partial charge in [-0.05, 0) is 0 Å². The van der Waals surface area contributed by atoms with Crippen LogP contribution in [-0.4, -0.2) is 34.4 Å². The lowest BCUT2D eigenvalue weighted by Gasteiger charge is -1.95. The van der Waals surface area contributed by atoms with Crippen LogP contribution < -0.4 is 0 Å². The van der Waals surface area contributed by atoms with Crippen LogP contribution in [0.5, 0.6) is 0 Å². The molecule has 0 saturated carbocycles. The molecule has 0 spiro atoms. The van der Waals surface area contributed by atoms with Crippen molar-refractivity contribution in [3.8, 4) is 0 Å². The topological polar surface area (TPSA) is 104 Å². The summed E-state index contributed by atoms with van der Waals surface area (Å²) in [7, 11) is -2.37. The second-order valence-electron chi connectivity index (χ2n) is 1.04. The molecule has 0 saturated heterocycles. The number of carboxylic acid groups (broad SMARTS) is 1. The van der Waals surface area contributed by atoms with Gasteiger partial charge in [0, 0.05) is 0 Å². The van der Waals surface area contributed by atoms with Crippen molar-refractivity contribution in [1.82, 2.24) is 0 Å². The number of carbonyl (C=O) groups excluding carboxylic acids is 1. The van der Waals surface area contributed by atoms with Gasteiger partial charge in [-0.25, -0.2) is 9.59 Å². The fourth-order valence-electron chi connectivity index (χ4n) is 0.146. The van der Waals surface area contributed by atoms with Crippen molar-refractivity contribution >= 4 is 19.3 Å². The number of aliphatic carboxylic acids is 1. The van der Waals surface area contributed by atoms with E-state index in [0.29, 0.717) is 0 Å². The molecule has 0 aliphatic carbocycles. The molecule has 0 atom stereocenters. The molecule has 0 unspecified atom stereocenters. The van der Waals surface area contributed by atoms with Crippen molar-refractivity contribution in [3.05, 3.63) is 0 Å². The van der Waals surface area contributed by atoms with Crippen LogP contribution >= 0.6 is 0 Å². The predicted molar refractivity (Wildman–Crippen MR) is 23.9 cm³/mol. The van der Waals surface area contributed by atoms with Crippen LogP contribution in [0.2, 0.25) is 0 Å². The molecule has 0 aliphatic rings. The zero-order valence-corrected chi connectivity index (χ0v) is 4.14. The number of rotatable bonds is 1. The fraction of sp³-hybridized carbons (Fsp3) is 0. The highest BCUT2D eigenvalue weighted by Gasteiger charge is 2.21. The van der Waals surface area contributed by atoms with Gasteiger partial charge in [0.25, 0.3) is 0 Å². The summed E-state index contributed by atoms with van der Waals surface area (Å²) in [5, 5.41) is 23.4. The van der Waals surface area contributed by atoms with Crippen LogP contribution in [0.15, 0.2) is 0 Å². The fourth-order valence-corrected chi connectivity index (χ4v) is 0.146. The molecular formula is C2H3BO6. The highest BCUT2D eigenvalue weighted by atomic mass is 16.7. The first kappa shape index (κ1) is 7.92. The van der Waals surface area contributed by atoms with Gasteiger partial charge in [0.05, 0.1) is 0 Å². The van der Waals surface area contributed by atoms with Crippen LogP contribution in [0.3, 0.4) is 0 Å². The monoisotopic (exact) mass is 134 g/mol. The summed E-state index contributed by atoms with van der Waals surface area (Å²) in [6.07, 6.45) is 0. The molecular weight excluding hydrogens is 131 g/mol. The Balaban J connectivity index is 3.65. The van der Waals surface area contributed by atoms with Gasteiger partial charge >= 0.3 is 19.3 Å². The summed E-state index contributed by atoms with van der Waals surface area (Å²) in [5.74, 6) is -3.58. The van der Waals surface area contributed by atoms with Gasteiger partial charge in [-0.2, -0.15) is 0 Å². The first-order chi connectivity index (χ1) is 4.04. The molecule has 0 heterocycles. The van der Waals surface area contributed by atoms with E-state index in [-0.39, 0.29) is 0 Å². The van der Waals surface area contributed by atoms with Gasteiger partial charge < -0.3 is 19.8 Å². The van der Waals surface area contributed by atoms with Gasteiger partial charge in [0.15, 0.2) is 0 Å². The van der Waals surface area contributed by atoms with Crippen molar-refractivity contribution in [2.45, 2.75) is 0 Å². The van der Waals surface area contributed by atoms with E-state index < -0.39 is 19.3 Å². The normalized spacial score (nSPS) is 8.22. The van der Waals surface area contributed by atoms with Crippen molar-refractivity contribution in [3.63, 3.8) is 0 Å². The molecule has 3 N–H and O–H groups in total. The molecule has 0 aliphatic heterocycles. The summed E-state index contributed by atoms with van der Waals surface area (Å²) < 4.78 is 3.38. The predicted octanol–water partition coefficient (Wildman–Crippen LogP) is -2.42. The van der Waals surface area contributed by atoms with Crippen molar-refractivity contribution < 1.29 is 29.4 Å². The van der Waals surface area contributed by atoms with Gasteiger partial charge in [-0.3, -0.25) is 0 Å². The van der Waals surface area contributed by atoms with E-state index in [1.54, 1.807) is 0 Å². The van der Waals surface area contributed by atoms with Crippen molar-refractivity contribution in [1.29, 1.82) is 0 Å². The highest BCUT2D eigenvalue weighted by Crippen LogP contribution is 1.77. The van der Waals surface area contributed by atoms with Crippen LogP contribution in [0.4, 0.5) is 0 Å². The van der Waals surface area contributed by atoms with Gasteiger partial charge in [-0.1, -0.05) is 0 Å². The van der Waals surface area contributed by atoms with Gasteiger partial charge in [0.1, 0.15) is 0 Å². The Hall–Kier alpha value is -1.08. The molecule has 0 aromatic carbocycles. The summed E-state index contributed by atoms with van der Waals surface area (Å²) in [6.45, 7) is 0. The van der Waals surface area contributed by atoms with E-state index in [9.17, 15) is 9.59 Å². The lowest BCUT2D eigenvalue weighted by molar-refractivity contribution is -0.159. The highest BCUT2D eigenvalue weighted by molar-refractivity contribution is 6.42. The van der Waals surface area contributed by atoms with Crippen LogP contribution in [0.1, 0.15) is 0 Å². The maximum Gasteiger partial charge on any atom is 0.709 e. The van der Waals surface area contributed by atoms with E-state index in [0.717, 1.165) is 0 Å². The van der Waals surface area contributed by atoms with Crippen LogP contribution in [0.25, 0.3) is 0 Å². The Kier molecular flexibility index (Phi) is 2.69. The van der Waals surface area contributed by atoms with Gasteiger partial charge in [-0.15, -0.1) is 0 Å². The van der Waals surface area contributed by atoms with Gasteiger partial charge in [0.2, 0.25) is 0 Å². The quantitative estimate of drug-likeness (QED) is 0.272. The molecule has 0 rings (SSSR count). The molecule has 9 heavy (non-hydrogen) atoms. The molecule has 7 heteroatoms. The Morgan fingerprint density at radius 1 is 1.33 bits per heavy atom. The average molecular weight is 134 g/mol. The molecule has 6 nitrogen and oxygen atoms in total. The number of carboxylic acids is 1. The first-order valence-electron chi connectivity index (χ1n) is 1.84. The summed E-state index contributed by atoms with van der Waals surface area (Å²) in [5.41, 5.74) is 0. The Bertz CT molecular complexity index is 129. The number of hydrogen-bond acceptors (Lipinski definition) is 5. The van der Waals surface area contributed by atoms with E-state index >= 15 is 0 Å². The minimum absolute atomic E-state index is 1.70. The number of hydrogen-bond donors (Lipinski definition) is 3. The molecule has 0 radical (unpaired) electrons. The van der Waals surface area contributed by atoms with E-state index in [1.807, 2.05) is 0 Å².